The number of ether oxygens (including phenoxy) is 1. The Bertz CT molecular complexity index is 424. The number of pyridine rings is 1. The minimum Gasteiger partial charge on any atom is -0.376 e. The van der Waals surface area contributed by atoms with Crippen molar-refractivity contribution in [1.29, 1.82) is 5.26 Å². The Hall–Kier alpha value is -1.12. The number of hydrogen-bond acceptors (Lipinski definition) is 4. The summed E-state index contributed by atoms with van der Waals surface area (Å²) in [6.07, 6.45) is 5.36. The number of nitriles is 1. The fourth-order valence-electron chi connectivity index (χ4n) is 1.84. The number of halogens is 1. The van der Waals surface area contributed by atoms with Crippen molar-refractivity contribution in [2.75, 3.05) is 18.5 Å². The Morgan fingerprint density at radius 2 is 2.47 bits per heavy atom. The second-order valence-corrected chi connectivity index (χ2v) is 4.95. The average molecular weight is 296 g/mol. The Kier molecular flexibility index (Phi) is 4.35. The van der Waals surface area contributed by atoms with E-state index in [-0.39, 0.29) is 6.10 Å². The number of aromatic nitrogens is 1. The van der Waals surface area contributed by atoms with Gasteiger partial charge in [-0.15, -0.1) is 0 Å². The Balaban J connectivity index is 1.96. The maximum Gasteiger partial charge on any atom is 0.144 e. The van der Waals surface area contributed by atoms with Crippen LogP contribution in [0.1, 0.15) is 24.8 Å². The predicted molar refractivity (Wildman–Crippen MR) is 68.7 cm³/mol. The summed E-state index contributed by atoms with van der Waals surface area (Å²) >= 11 is 3.30. The van der Waals surface area contributed by atoms with E-state index in [0.29, 0.717) is 17.9 Å². The van der Waals surface area contributed by atoms with Crippen molar-refractivity contribution in [1.82, 2.24) is 4.98 Å². The molecule has 1 atom stereocenters. The van der Waals surface area contributed by atoms with E-state index >= 15 is 0 Å². The largest absolute Gasteiger partial charge is 0.376 e. The van der Waals surface area contributed by atoms with E-state index in [1.807, 2.05) is 0 Å². The van der Waals surface area contributed by atoms with Crippen molar-refractivity contribution in [3.8, 4) is 6.07 Å². The molecule has 2 rings (SSSR count). The lowest BCUT2D eigenvalue weighted by Crippen LogP contribution is -2.27. The molecule has 1 aromatic heterocycles. The molecule has 1 saturated heterocycles. The average Bonchev–Trinajstić information content (AvgIpc) is 2.38. The fraction of sp³-hybridized carbons (Fsp3) is 0.500. The Morgan fingerprint density at radius 3 is 3.18 bits per heavy atom. The van der Waals surface area contributed by atoms with Crippen molar-refractivity contribution >= 4 is 21.7 Å². The number of hydrogen-bond donors (Lipinski definition) is 1. The van der Waals surface area contributed by atoms with Crippen LogP contribution in [0.2, 0.25) is 0 Å². The molecule has 1 unspecified atom stereocenters. The number of anilines is 1. The number of nitrogens with zero attached hydrogens (tertiary/aromatic N) is 2. The van der Waals surface area contributed by atoms with Gasteiger partial charge in [-0.1, -0.05) is 0 Å². The van der Waals surface area contributed by atoms with Gasteiger partial charge < -0.3 is 10.1 Å². The molecule has 1 aliphatic heterocycles. The molecular weight excluding hydrogens is 282 g/mol. The van der Waals surface area contributed by atoms with Crippen molar-refractivity contribution in [3.05, 3.63) is 22.3 Å². The summed E-state index contributed by atoms with van der Waals surface area (Å²) in [5.41, 5.74) is 0.551. The topological polar surface area (TPSA) is 57.9 Å². The molecule has 1 N–H and O–H groups in total. The highest BCUT2D eigenvalue weighted by molar-refractivity contribution is 9.10. The molecule has 1 aromatic rings. The second kappa shape index (κ2) is 5.99. The summed E-state index contributed by atoms with van der Waals surface area (Å²) in [4.78, 5) is 4.20. The van der Waals surface area contributed by atoms with Crippen LogP contribution in [-0.4, -0.2) is 24.2 Å². The van der Waals surface area contributed by atoms with Gasteiger partial charge in [-0.05, 0) is 41.3 Å². The molecule has 4 nitrogen and oxygen atoms in total. The zero-order valence-corrected chi connectivity index (χ0v) is 11.0. The number of nitrogens with one attached hydrogen (secondary N) is 1. The van der Waals surface area contributed by atoms with Crippen molar-refractivity contribution < 1.29 is 4.74 Å². The highest BCUT2D eigenvalue weighted by Crippen LogP contribution is 2.18. The molecule has 0 spiro atoms. The van der Waals surface area contributed by atoms with Crippen molar-refractivity contribution in [2.24, 2.45) is 0 Å². The van der Waals surface area contributed by atoms with E-state index in [0.717, 1.165) is 23.9 Å². The van der Waals surface area contributed by atoms with E-state index in [1.165, 1.54) is 6.42 Å². The molecular formula is C12H14BrN3O. The van der Waals surface area contributed by atoms with E-state index < -0.39 is 0 Å². The first-order valence-electron chi connectivity index (χ1n) is 5.70. The summed E-state index contributed by atoms with van der Waals surface area (Å²) in [5, 5.41) is 12.2. The van der Waals surface area contributed by atoms with Crippen molar-refractivity contribution in [2.45, 2.75) is 25.4 Å². The third-order valence-corrected chi connectivity index (χ3v) is 3.18. The van der Waals surface area contributed by atoms with Crippen LogP contribution >= 0.6 is 15.9 Å². The van der Waals surface area contributed by atoms with Gasteiger partial charge in [0.05, 0.1) is 11.7 Å². The first-order valence-corrected chi connectivity index (χ1v) is 6.50. The third kappa shape index (κ3) is 3.42. The highest BCUT2D eigenvalue weighted by Gasteiger charge is 2.14. The van der Waals surface area contributed by atoms with Gasteiger partial charge in [0.1, 0.15) is 11.9 Å². The molecule has 0 radical (unpaired) electrons. The second-order valence-electron chi connectivity index (χ2n) is 4.03. The summed E-state index contributed by atoms with van der Waals surface area (Å²) in [6, 6.07) is 3.89. The zero-order chi connectivity index (χ0) is 12.1. The van der Waals surface area contributed by atoms with Gasteiger partial charge in [0, 0.05) is 23.8 Å². The van der Waals surface area contributed by atoms with Crippen LogP contribution in [0.5, 0.6) is 0 Å². The third-order valence-electron chi connectivity index (χ3n) is 2.75. The standard InChI is InChI=1S/C12H14BrN3O/c13-10-5-9(6-14)12(15-7-10)16-8-11-3-1-2-4-17-11/h5,7,11H,1-4,8H2,(H,15,16). The molecule has 2 heterocycles. The van der Waals surface area contributed by atoms with E-state index in [4.69, 9.17) is 10.00 Å². The fourth-order valence-corrected chi connectivity index (χ4v) is 2.18. The molecule has 90 valence electrons. The van der Waals surface area contributed by atoms with Crippen LogP contribution in [-0.2, 0) is 4.74 Å². The first kappa shape index (κ1) is 12.3. The van der Waals surface area contributed by atoms with Crippen LogP contribution in [0.15, 0.2) is 16.7 Å². The monoisotopic (exact) mass is 295 g/mol. The smallest absolute Gasteiger partial charge is 0.144 e. The maximum atomic E-state index is 9.00. The lowest BCUT2D eigenvalue weighted by molar-refractivity contribution is 0.0247. The minimum absolute atomic E-state index is 0.237. The first-order chi connectivity index (χ1) is 8.29. The van der Waals surface area contributed by atoms with Crippen LogP contribution in [0.4, 0.5) is 5.82 Å². The summed E-state index contributed by atoms with van der Waals surface area (Å²) < 4.78 is 6.43. The number of rotatable bonds is 3. The Morgan fingerprint density at radius 1 is 1.59 bits per heavy atom. The molecule has 0 aliphatic carbocycles. The van der Waals surface area contributed by atoms with Crippen LogP contribution in [0.25, 0.3) is 0 Å². The van der Waals surface area contributed by atoms with Gasteiger partial charge in [-0.25, -0.2) is 4.98 Å². The molecule has 1 fully saturated rings. The van der Waals surface area contributed by atoms with Gasteiger partial charge >= 0.3 is 0 Å². The van der Waals surface area contributed by atoms with Crippen LogP contribution in [0, 0.1) is 11.3 Å². The summed E-state index contributed by atoms with van der Waals surface area (Å²) in [5.74, 6) is 0.630. The van der Waals surface area contributed by atoms with Gasteiger partial charge in [0.2, 0.25) is 0 Å². The van der Waals surface area contributed by atoms with Crippen molar-refractivity contribution in [3.63, 3.8) is 0 Å². The van der Waals surface area contributed by atoms with Crippen LogP contribution in [0.3, 0.4) is 0 Å². The Labute approximate surface area is 109 Å². The minimum atomic E-state index is 0.237. The SMILES string of the molecule is N#Cc1cc(Br)cnc1NCC1CCCCO1. The quantitative estimate of drug-likeness (QED) is 0.931. The molecule has 0 saturated carbocycles. The molecule has 5 heteroatoms. The zero-order valence-electron chi connectivity index (χ0n) is 9.45. The van der Waals surface area contributed by atoms with Crippen LogP contribution < -0.4 is 5.32 Å². The molecule has 0 bridgehead atoms. The molecule has 17 heavy (non-hydrogen) atoms. The lowest BCUT2D eigenvalue weighted by Gasteiger charge is -2.23. The van der Waals surface area contributed by atoms with Gasteiger partial charge in [0.25, 0.3) is 0 Å². The molecule has 1 aliphatic rings. The summed E-state index contributed by atoms with van der Waals surface area (Å²) in [6.45, 7) is 1.55. The van der Waals surface area contributed by atoms with Gasteiger partial charge in [0.15, 0.2) is 0 Å². The van der Waals surface area contributed by atoms with Gasteiger partial charge in [-0.2, -0.15) is 5.26 Å². The normalized spacial score (nSPS) is 19.6. The summed E-state index contributed by atoms with van der Waals surface area (Å²) in [7, 11) is 0. The van der Waals surface area contributed by atoms with E-state index in [2.05, 4.69) is 32.3 Å². The predicted octanol–water partition coefficient (Wildman–Crippen LogP) is 2.70. The molecule has 0 aromatic carbocycles. The van der Waals surface area contributed by atoms with E-state index in [1.54, 1.807) is 12.3 Å². The highest BCUT2D eigenvalue weighted by atomic mass is 79.9. The molecule has 0 amide bonds. The maximum absolute atomic E-state index is 9.00. The van der Waals surface area contributed by atoms with Gasteiger partial charge in [-0.3, -0.25) is 0 Å². The lowest BCUT2D eigenvalue weighted by atomic mass is 10.1. The van der Waals surface area contributed by atoms with E-state index in [9.17, 15) is 0 Å².